The van der Waals surface area contributed by atoms with Crippen molar-refractivity contribution in [3.05, 3.63) is 11.6 Å². The molecule has 0 amide bonds. The molecule has 174 valence electrons. The van der Waals surface area contributed by atoms with Crippen molar-refractivity contribution < 1.29 is 42.5 Å². The number of halogens is 1. The van der Waals surface area contributed by atoms with Crippen molar-refractivity contribution in [2.24, 2.45) is 0 Å². The van der Waals surface area contributed by atoms with Crippen molar-refractivity contribution in [1.82, 2.24) is 19.5 Å². The maximum atomic E-state index is 12.2. The van der Waals surface area contributed by atoms with E-state index in [0.717, 1.165) is 0 Å². The summed E-state index contributed by atoms with van der Waals surface area (Å²) in [6.45, 7) is 0.801. The van der Waals surface area contributed by atoms with Gasteiger partial charge in [-0.15, -0.1) is 0 Å². The number of nitrogens with two attached hydrogens (primary N) is 1. The zero-order valence-electron chi connectivity index (χ0n) is 16.0. The highest BCUT2D eigenvalue weighted by molar-refractivity contribution is 7.98. The number of aliphatic hydroxyl groups is 2. The molecular weight excluding hydrogens is 481 g/mol. The Balaban J connectivity index is 1.82. The fourth-order valence-corrected chi connectivity index (χ4v) is 6.66. The van der Waals surface area contributed by atoms with Crippen LogP contribution in [0.15, 0.2) is 6.33 Å². The van der Waals surface area contributed by atoms with Crippen LogP contribution in [0.2, 0.25) is 5.28 Å². The van der Waals surface area contributed by atoms with Crippen LogP contribution in [0.25, 0.3) is 11.2 Å². The molecule has 2 aromatic rings. The number of fused-ring (bicyclic) bond motifs is 1. The van der Waals surface area contributed by atoms with Gasteiger partial charge in [0.05, 0.1) is 18.7 Å². The van der Waals surface area contributed by atoms with Gasteiger partial charge in [0.25, 0.3) is 5.18 Å². The van der Waals surface area contributed by atoms with Crippen molar-refractivity contribution in [2.45, 2.75) is 43.1 Å². The topological polar surface area (TPSA) is 220 Å². The van der Waals surface area contributed by atoms with Gasteiger partial charge < -0.3 is 35.2 Å². The van der Waals surface area contributed by atoms with E-state index < -0.39 is 59.5 Å². The lowest BCUT2D eigenvalue weighted by molar-refractivity contribution is -0.0648. The molecule has 14 nitrogen and oxygen atoms in total. The Morgan fingerprint density at radius 3 is 2.65 bits per heavy atom. The molecule has 3 rings (SSSR count). The van der Waals surface area contributed by atoms with Gasteiger partial charge in [0, 0.05) is 0 Å². The molecule has 2 aromatic heterocycles. The molecule has 0 aliphatic carbocycles. The van der Waals surface area contributed by atoms with Crippen LogP contribution in [0, 0.1) is 0 Å². The first kappa shape index (κ1) is 24.2. The summed E-state index contributed by atoms with van der Waals surface area (Å²) in [6, 6.07) is 0. The van der Waals surface area contributed by atoms with Gasteiger partial charge in [-0.05, 0) is 18.0 Å². The summed E-state index contributed by atoms with van der Waals surface area (Å²) < 4.78 is 47.8. The maximum absolute atomic E-state index is 12.2. The second-order valence-electron chi connectivity index (χ2n) is 6.84. The van der Waals surface area contributed by atoms with E-state index in [4.69, 9.17) is 26.8 Å². The minimum Gasteiger partial charge on any atom is -0.387 e. The normalized spacial score (nSPS) is 25.9. The number of aliphatic hydroxyl groups excluding tert-OH is 2. The largest absolute Gasteiger partial charge is 0.387 e. The first-order chi connectivity index (χ1) is 14.4. The van der Waals surface area contributed by atoms with Crippen LogP contribution in [-0.4, -0.2) is 83.8 Å². The summed E-state index contributed by atoms with van der Waals surface area (Å²) in [5.74, 6) is -0.530. The molecule has 0 saturated carbocycles. The Morgan fingerprint density at radius 2 is 2.03 bits per heavy atom. The van der Waals surface area contributed by atoms with Crippen molar-refractivity contribution in [3.63, 3.8) is 0 Å². The molecule has 1 fully saturated rings. The molecule has 0 aromatic carbocycles. The highest BCUT2D eigenvalue weighted by atomic mass is 35.5. The third kappa shape index (κ3) is 4.84. The van der Waals surface area contributed by atoms with E-state index in [1.807, 2.05) is 0 Å². The summed E-state index contributed by atoms with van der Waals surface area (Å²) in [5.41, 5.74) is 6.00. The smallest absolute Gasteiger partial charge is 0.369 e. The summed E-state index contributed by atoms with van der Waals surface area (Å²) >= 11 is 5.80. The lowest BCUT2D eigenvalue weighted by Gasteiger charge is -2.22. The van der Waals surface area contributed by atoms with Crippen molar-refractivity contribution in [2.75, 3.05) is 18.1 Å². The molecule has 0 bridgehead atoms. The maximum Gasteiger partial charge on any atom is 0.369 e. The zero-order valence-corrected chi connectivity index (χ0v) is 18.5. The quantitative estimate of drug-likeness (QED) is 0.216. The lowest BCUT2D eigenvalue weighted by Crippen LogP contribution is -2.36. The van der Waals surface area contributed by atoms with Crippen LogP contribution < -0.4 is 5.73 Å². The van der Waals surface area contributed by atoms with Crippen LogP contribution in [0.1, 0.15) is 19.6 Å². The van der Waals surface area contributed by atoms with Crippen molar-refractivity contribution in [1.29, 1.82) is 0 Å². The van der Waals surface area contributed by atoms with Crippen LogP contribution >= 0.6 is 19.2 Å². The van der Waals surface area contributed by atoms with Gasteiger partial charge in [0.1, 0.15) is 23.8 Å². The minimum atomic E-state index is -5.20. The predicted octanol–water partition coefficient (Wildman–Crippen LogP) is -1.02. The fourth-order valence-electron chi connectivity index (χ4n) is 3.17. The van der Waals surface area contributed by atoms with Gasteiger partial charge in [0.2, 0.25) is 5.28 Å². The van der Waals surface area contributed by atoms with Gasteiger partial charge in [0.15, 0.2) is 27.5 Å². The van der Waals surface area contributed by atoms with Crippen LogP contribution in [0.5, 0.6) is 0 Å². The van der Waals surface area contributed by atoms with E-state index >= 15 is 0 Å². The van der Waals surface area contributed by atoms with E-state index in [0.29, 0.717) is 0 Å². The fraction of sp³-hybridized carbons (Fsp3) is 0.643. The van der Waals surface area contributed by atoms with Crippen molar-refractivity contribution in [3.8, 4) is 0 Å². The molecule has 1 saturated heterocycles. The number of nitrogens with zero attached hydrogens (tertiary/aromatic N) is 4. The van der Waals surface area contributed by atoms with E-state index in [1.54, 1.807) is 0 Å². The highest BCUT2D eigenvalue weighted by Crippen LogP contribution is 2.45. The van der Waals surface area contributed by atoms with Gasteiger partial charge >= 0.3 is 7.60 Å². The second-order valence-corrected chi connectivity index (χ2v) is 11.3. The average molecular weight is 502 g/mol. The summed E-state index contributed by atoms with van der Waals surface area (Å²) in [7, 11) is -9.49. The molecule has 17 heteroatoms. The highest BCUT2D eigenvalue weighted by Gasteiger charge is 2.47. The Hall–Kier alpha value is -1.42. The SMILES string of the molecule is CCCS(=O)(=O)C(OC[C@H]1O[C@@H](n2cnc3c(N)nc(Cl)nc32)[C@H](O)[C@H]1O)P(=O)(O)O. The molecule has 1 aliphatic heterocycles. The third-order valence-electron chi connectivity index (χ3n) is 4.51. The van der Waals surface area contributed by atoms with E-state index in [9.17, 15) is 33.0 Å². The van der Waals surface area contributed by atoms with E-state index in [-0.39, 0.29) is 28.7 Å². The van der Waals surface area contributed by atoms with Gasteiger partial charge in [-0.1, -0.05) is 6.92 Å². The number of nitrogen functional groups attached to an aromatic ring is 1. The number of sulfone groups is 1. The molecule has 0 radical (unpaired) electrons. The van der Waals surface area contributed by atoms with Gasteiger partial charge in [-0.2, -0.15) is 9.97 Å². The predicted molar refractivity (Wildman–Crippen MR) is 107 cm³/mol. The number of hydrogen-bond acceptors (Lipinski definition) is 11. The first-order valence-electron chi connectivity index (χ1n) is 8.92. The Kier molecular flexibility index (Phi) is 6.91. The molecule has 5 atom stereocenters. The van der Waals surface area contributed by atoms with Crippen LogP contribution in [0.3, 0.4) is 0 Å². The number of ether oxygens (including phenoxy) is 2. The number of imidazole rings is 1. The van der Waals surface area contributed by atoms with Crippen molar-refractivity contribution >= 4 is 46.0 Å². The second kappa shape index (κ2) is 8.84. The van der Waals surface area contributed by atoms with E-state index in [2.05, 4.69) is 15.0 Å². The summed E-state index contributed by atoms with van der Waals surface area (Å²) in [4.78, 5) is 30.6. The number of rotatable bonds is 8. The first-order valence-corrected chi connectivity index (χ1v) is 12.7. The Bertz CT molecular complexity index is 1110. The molecule has 3 heterocycles. The number of anilines is 1. The Morgan fingerprint density at radius 1 is 1.35 bits per heavy atom. The average Bonchev–Trinajstić information content (AvgIpc) is 3.16. The molecule has 1 unspecified atom stereocenters. The van der Waals surface area contributed by atoms with Gasteiger partial charge in [-0.25, -0.2) is 13.4 Å². The molecule has 6 N–H and O–H groups in total. The zero-order chi connectivity index (χ0) is 23.1. The number of aromatic nitrogens is 4. The third-order valence-corrected chi connectivity index (χ3v) is 8.89. The van der Waals surface area contributed by atoms with Crippen LogP contribution in [0.4, 0.5) is 5.82 Å². The molecule has 31 heavy (non-hydrogen) atoms. The van der Waals surface area contributed by atoms with E-state index in [1.165, 1.54) is 17.8 Å². The lowest BCUT2D eigenvalue weighted by atomic mass is 10.1. The molecule has 0 spiro atoms. The number of hydrogen-bond donors (Lipinski definition) is 5. The molecule has 1 aliphatic rings. The standard InChI is InChI=1S/C14H21ClN5O9PS/c1-2-3-31(26,27)14(30(23,24)25)28-4-6-8(21)9(22)12(29-6)20-5-17-7-10(16)18-13(15)19-11(7)20/h5-6,8-9,12,14,21-22H,2-4H2,1H3,(H2,16,18,19)(H2,23,24,25)/t6-,8+,9-,12-,14?/m1/s1. The summed E-state index contributed by atoms with van der Waals surface area (Å²) in [5, 5.41) is 18.1. The van der Waals surface area contributed by atoms with Gasteiger partial charge in [-0.3, -0.25) is 9.13 Å². The minimum absolute atomic E-state index is 0.0210. The van der Waals surface area contributed by atoms with Crippen LogP contribution in [-0.2, 0) is 23.9 Å². The Labute approximate surface area is 181 Å². The monoisotopic (exact) mass is 501 g/mol. The molecular formula is C14H21ClN5O9PS. The summed E-state index contributed by atoms with van der Waals surface area (Å²) in [6.07, 6.45) is -4.35.